The summed E-state index contributed by atoms with van der Waals surface area (Å²) in [6.07, 6.45) is 0. The molecule has 1 aromatic heterocycles. The summed E-state index contributed by atoms with van der Waals surface area (Å²) in [4.78, 5) is 30.1. The Morgan fingerprint density at radius 3 is 2.32 bits per heavy atom. The van der Waals surface area contributed by atoms with Gasteiger partial charge in [-0.25, -0.2) is 4.39 Å². The summed E-state index contributed by atoms with van der Waals surface area (Å²) < 4.78 is 19.4. The minimum Gasteiger partial charge on any atom is -0.495 e. The van der Waals surface area contributed by atoms with Crippen LogP contribution in [0.1, 0.15) is 26.4 Å². The van der Waals surface area contributed by atoms with E-state index in [2.05, 4.69) is 15.6 Å². The number of carbonyl (C=O) groups is 2. The van der Waals surface area contributed by atoms with E-state index in [1.54, 1.807) is 43.3 Å². The first kappa shape index (κ1) is 23.5. The molecule has 0 atom stereocenters. The van der Waals surface area contributed by atoms with Crippen LogP contribution in [0.15, 0.2) is 60.7 Å². The minimum atomic E-state index is -0.757. The lowest BCUT2D eigenvalue weighted by atomic mass is 10.1. The van der Waals surface area contributed by atoms with Crippen molar-refractivity contribution < 1.29 is 18.7 Å². The molecule has 0 bridgehead atoms. The molecule has 0 saturated carbocycles. The highest BCUT2D eigenvalue weighted by atomic mass is 35.5. The molecule has 172 valence electrons. The van der Waals surface area contributed by atoms with Crippen LogP contribution >= 0.6 is 23.2 Å². The van der Waals surface area contributed by atoms with Crippen molar-refractivity contribution in [3.8, 4) is 5.75 Å². The second-order valence-corrected chi connectivity index (χ2v) is 8.28. The average molecular weight is 498 g/mol. The second-order valence-electron chi connectivity index (χ2n) is 7.41. The first-order chi connectivity index (χ1) is 16.2. The van der Waals surface area contributed by atoms with E-state index in [4.69, 9.17) is 27.9 Å². The Balaban J connectivity index is 1.60. The Kier molecular flexibility index (Phi) is 6.68. The topological polar surface area (TPSA) is 80.3 Å². The molecular formula is C25H18Cl2FN3O3. The number of ether oxygens (including phenoxy) is 1. The number of rotatable bonds is 5. The second kappa shape index (κ2) is 9.67. The molecule has 0 aliphatic heterocycles. The largest absolute Gasteiger partial charge is 0.495 e. The molecule has 0 aliphatic rings. The number of hydrogen-bond donors (Lipinski definition) is 2. The minimum absolute atomic E-state index is 0.178. The predicted molar refractivity (Wildman–Crippen MR) is 132 cm³/mol. The number of benzene rings is 3. The maximum absolute atomic E-state index is 14.2. The van der Waals surface area contributed by atoms with Gasteiger partial charge >= 0.3 is 0 Å². The van der Waals surface area contributed by atoms with Crippen LogP contribution in [-0.2, 0) is 0 Å². The molecule has 3 aromatic carbocycles. The van der Waals surface area contributed by atoms with Gasteiger partial charge in [0.2, 0.25) is 0 Å². The van der Waals surface area contributed by atoms with Crippen molar-refractivity contribution >= 4 is 57.3 Å². The van der Waals surface area contributed by atoms with E-state index in [1.165, 1.54) is 25.3 Å². The van der Waals surface area contributed by atoms with Gasteiger partial charge in [-0.05, 0) is 67.6 Å². The number of methoxy groups -OCH3 is 1. The standard InChI is InChI=1S/C25H18Cl2FN3O3/c1-13-19(10-14-9-15(26)4-7-21(14)29-13)25(33)30-17-5-8-23(34-2)22(12-17)31-24(32)18-6-3-16(27)11-20(18)28/h3-12H,1-2H3,(H,30,33)(H,31,32). The number of amides is 2. The Labute approximate surface area is 204 Å². The van der Waals surface area contributed by atoms with Crippen molar-refractivity contribution in [1.82, 2.24) is 4.98 Å². The number of nitrogens with zero attached hydrogens (tertiary/aromatic N) is 1. The van der Waals surface area contributed by atoms with Crippen molar-refractivity contribution in [2.75, 3.05) is 17.7 Å². The third-order valence-electron chi connectivity index (χ3n) is 5.09. The lowest BCUT2D eigenvalue weighted by molar-refractivity contribution is 0.101. The number of carbonyl (C=O) groups excluding carboxylic acids is 2. The van der Waals surface area contributed by atoms with Gasteiger partial charge in [-0.1, -0.05) is 23.2 Å². The maximum Gasteiger partial charge on any atom is 0.258 e. The lowest BCUT2D eigenvalue weighted by Gasteiger charge is -2.14. The summed E-state index contributed by atoms with van der Waals surface area (Å²) in [6, 6.07) is 15.4. The fraction of sp³-hybridized carbons (Fsp3) is 0.0800. The molecule has 6 nitrogen and oxygen atoms in total. The third-order valence-corrected chi connectivity index (χ3v) is 5.56. The number of anilines is 2. The first-order valence-electron chi connectivity index (χ1n) is 10.1. The number of fused-ring (bicyclic) bond motifs is 1. The zero-order valence-electron chi connectivity index (χ0n) is 18.1. The number of aryl methyl sites for hydroxylation is 1. The predicted octanol–water partition coefficient (Wildman–Crippen LogP) is 6.50. The van der Waals surface area contributed by atoms with Gasteiger partial charge in [-0.3, -0.25) is 14.6 Å². The van der Waals surface area contributed by atoms with Crippen LogP contribution in [0, 0.1) is 12.7 Å². The van der Waals surface area contributed by atoms with Crippen molar-refractivity contribution in [1.29, 1.82) is 0 Å². The summed E-state index contributed by atoms with van der Waals surface area (Å²) >= 11 is 11.8. The highest BCUT2D eigenvalue weighted by molar-refractivity contribution is 6.31. The zero-order chi connectivity index (χ0) is 24.4. The highest BCUT2D eigenvalue weighted by Crippen LogP contribution is 2.29. The molecule has 2 N–H and O–H groups in total. The molecule has 9 heteroatoms. The molecular weight excluding hydrogens is 480 g/mol. The van der Waals surface area contributed by atoms with Gasteiger partial charge in [0.1, 0.15) is 11.6 Å². The monoisotopic (exact) mass is 497 g/mol. The Morgan fingerprint density at radius 2 is 1.59 bits per heavy atom. The quantitative estimate of drug-likeness (QED) is 0.329. The summed E-state index contributed by atoms with van der Waals surface area (Å²) in [6.45, 7) is 1.74. The molecule has 1 heterocycles. The van der Waals surface area contributed by atoms with Crippen LogP contribution in [0.3, 0.4) is 0 Å². The number of pyridine rings is 1. The van der Waals surface area contributed by atoms with Gasteiger partial charge in [0, 0.05) is 21.1 Å². The molecule has 4 rings (SSSR count). The Bertz CT molecular complexity index is 1440. The molecule has 2 amide bonds. The summed E-state index contributed by atoms with van der Waals surface area (Å²) in [5.41, 5.74) is 2.11. The van der Waals surface area contributed by atoms with Crippen molar-refractivity contribution in [3.63, 3.8) is 0 Å². The van der Waals surface area contributed by atoms with Crippen LogP contribution < -0.4 is 15.4 Å². The van der Waals surface area contributed by atoms with Crippen LogP contribution in [0.2, 0.25) is 10.0 Å². The van der Waals surface area contributed by atoms with Crippen LogP contribution in [0.4, 0.5) is 15.8 Å². The third kappa shape index (κ3) is 4.95. The van der Waals surface area contributed by atoms with E-state index in [0.717, 1.165) is 17.0 Å². The van der Waals surface area contributed by atoms with E-state index in [0.29, 0.717) is 27.7 Å². The fourth-order valence-electron chi connectivity index (χ4n) is 3.42. The molecule has 34 heavy (non-hydrogen) atoms. The molecule has 0 radical (unpaired) electrons. The van der Waals surface area contributed by atoms with Gasteiger partial charge in [-0.15, -0.1) is 0 Å². The van der Waals surface area contributed by atoms with E-state index in [-0.39, 0.29) is 16.3 Å². The summed E-state index contributed by atoms with van der Waals surface area (Å²) in [5, 5.41) is 6.85. The summed E-state index contributed by atoms with van der Waals surface area (Å²) in [5.74, 6) is -1.51. The average Bonchev–Trinajstić information content (AvgIpc) is 2.79. The van der Waals surface area contributed by atoms with Crippen LogP contribution in [-0.4, -0.2) is 23.9 Å². The lowest BCUT2D eigenvalue weighted by Crippen LogP contribution is -2.16. The summed E-state index contributed by atoms with van der Waals surface area (Å²) in [7, 11) is 1.43. The van der Waals surface area contributed by atoms with Crippen LogP contribution in [0.5, 0.6) is 5.75 Å². The molecule has 0 fully saturated rings. The van der Waals surface area contributed by atoms with Gasteiger partial charge in [-0.2, -0.15) is 0 Å². The molecule has 0 unspecified atom stereocenters. The number of nitrogens with one attached hydrogen (secondary N) is 2. The smallest absolute Gasteiger partial charge is 0.258 e. The first-order valence-corrected chi connectivity index (χ1v) is 10.8. The van der Waals surface area contributed by atoms with Crippen molar-refractivity contribution in [3.05, 3.63) is 93.3 Å². The van der Waals surface area contributed by atoms with Gasteiger partial charge in [0.05, 0.1) is 35.1 Å². The van der Waals surface area contributed by atoms with E-state index < -0.39 is 17.6 Å². The molecule has 0 spiro atoms. The SMILES string of the molecule is COc1ccc(NC(=O)c2cc3cc(Cl)ccc3nc2C)cc1NC(=O)c1ccc(Cl)cc1F. The van der Waals surface area contributed by atoms with E-state index >= 15 is 0 Å². The van der Waals surface area contributed by atoms with Gasteiger partial charge in [0.15, 0.2) is 0 Å². The Morgan fingerprint density at radius 1 is 0.882 bits per heavy atom. The normalized spacial score (nSPS) is 10.7. The van der Waals surface area contributed by atoms with Gasteiger partial charge < -0.3 is 15.4 Å². The fourth-order valence-corrected chi connectivity index (χ4v) is 3.76. The highest BCUT2D eigenvalue weighted by Gasteiger charge is 2.17. The Hall–Kier alpha value is -3.68. The molecule has 0 saturated heterocycles. The van der Waals surface area contributed by atoms with Crippen LogP contribution in [0.25, 0.3) is 10.9 Å². The molecule has 0 aliphatic carbocycles. The number of hydrogen-bond acceptors (Lipinski definition) is 4. The number of aromatic nitrogens is 1. The molecule has 4 aromatic rings. The number of halogens is 3. The van der Waals surface area contributed by atoms with E-state index in [1.807, 2.05) is 0 Å². The van der Waals surface area contributed by atoms with Crippen molar-refractivity contribution in [2.24, 2.45) is 0 Å². The van der Waals surface area contributed by atoms with E-state index in [9.17, 15) is 14.0 Å². The maximum atomic E-state index is 14.2. The zero-order valence-corrected chi connectivity index (χ0v) is 19.6. The van der Waals surface area contributed by atoms with Gasteiger partial charge in [0.25, 0.3) is 11.8 Å². The van der Waals surface area contributed by atoms with Crippen molar-refractivity contribution in [2.45, 2.75) is 6.92 Å².